The van der Waals surface area contributed by atoms with Gasteiger partial charge in [0.25, 0.3) is 0 Å². The van der Waals surface area contributed by atoms with Crippen molar-refractivity contribution in [1.29, 1.82) is 0 Å². The Morgan fingerprint density at radius 3 is 2.71 bits per heavy atom. The lowest BCUT2D eigenvalue weighted by atomic mass is 10.2. The summed E-state index contributed by atoms with van der Waals surface area (Å²) in [5.74, 6) is 0.922. The second kappa shape index (κ2) is 11.5. The van der Waals surface area contributed by atoms with Crippen LogP contribution in [-0.4, -0.2) is 54.8 Å². The van der Waals surface area contributed by atoms with Crippen LogP contribution >= 0.6 is 24.0 Å². The van der Waals surface area contributed by atoms with Gasteiger partial charge < -0.3 is 20.3 Å². The predicted octanol–water partition coefficient (Wildman–Crippen LogP) is 3.14. The van der Waals surface area contributed by atoms with Gasteiger partial charge in [-0.05, 0) is 47.5 Å². The Hall–Kier alpha value is -0.990. The zero-order valence-corrected chi connectivity index (χ0v) is 17.9. The number of hydrogen-bond donors (Lipinski definition) is 2. The van der Waals surface area contributed by atoms with Gasteiger partial charge >= 0.3 is 6.09 Å². The minimum atomic E-state index is -0.467. The number of carbonyl (C=O) groups is 1. The highest BCUT2D eigenvalue weighted by Crippen LogP contribution is 2.12. The maximum atomic E-state index is 11.9. The molecule has 24 heavy (non-hydrogen) atoms. The molecule has 1 fully saturated rings. The van der Waals surface area contributed by atoms with E-state index in [4.69, 9.17) is 4.74 Å². The largest absolute Gasteiger partial charge is 0.444 e. The fourth-order valence-corrected chi connectivity index (χ4v) is 2.38. The number of ether oxygens (including phenoxy) is 1. The molecule has 1 aliphatic heterocycles. The average Bonchev–Trinajstić information content (AvgIpc) is 2.88. The summed E-state index contributed by atoms with van der Waals surface area (Å²) in [5.41, 5.74) is -0.467. The van der Waals surface area contributed by atoms with Gasteiger partial charge in [0.05, 0.1) is 6.04 Å². The van der Waals surface area contributed by atoms with Gasteiger partial charge in [-0.2, -0.15) is 0 Å². The predicted molar refractivity (Wildman–Crippen MR) is 110 cm³/mol. The Kier molecular flexibility index (Phi) is 11.1. The van der Waals surface area contributed by atoms with Crippen LogP contribution in [0.2, 0.25) is 0 Å². The Balaban J connectivity index is 0.00000529. The van der Waals surface area contributed by atoms with Crippen molar-refractivity contribution in [3.05, 3.63) is 12.2 Å². The third kappa shape index (κ3) is 9.34. The summed E-state index contributed by atoms with van der Waals surface area (Å²) in [6, 6.07) is 0.101. The molecule has 140 valence electrons. The van der Waals surface area contributed by atoms with Crippen LogP contribution in [0.25, 0.3) is 0 Å². The van der Waals surface area contributed by atoms with Crippen molar-refractivity contribution in [3.63, 3.8) is 0 Å². The molecule has 1 atom stereocenters. The van der Waals surface area contributed by atoms with Gasteiger partial charge in [0, 0.05) is 26.2 Å². The Morgan fingerprint density at radius 1 is 1.42 bits per heavy atom. The molecule has 1 aliphatic rings. The Morgan fingerprint density at radius 2 is 2.12 bits per heavy atom. The molecule has 0 radical (unpaired) electrons. The van der Waals surface area contributed by atoms with Crippen LogP contribution < -0.4 is 10.6 Å². The molecule has 6 nitrogen and oxygen atoms in total. The number of amides is 1. The van der Waals surface area contributed by atoms with Gasteiger partial charge in [-0.15, -0.1) is 24.0 Å². The smallest absolute Gasteiger partial charge is 0.407 e. The highest BCUT2D eigenvalue weighted by Gasteiger charge is 2.27. The first kappa shape index (κ1) is 23.0. The van der Waals surface area contributed by atoms with Crippen molar-refractivity contribution >= 4 is 36.0 Å². The lowest BCUT2D eigenvalue weighted by Gasteiger charge is -2.23. The van der Waals surface area contributed by atoms with E-state index in [9.17, 15) is 4.79 Å². The van der Waals surface area contributed by atoms with Crippen LogP contribution in [0.5, 0.6) is 0 Å². The SMILES string of the molecule is C/C=C/CCN=C(NCC)N1CCC(NC(=O)OC(C)(C)C)C1.I. The van der Waals surface area contributed by atoms with Crippen molar-refractivity contribution in [2.24, 2.45) is 4.99 Å². The number of carbonyl (C=O) groups excluding carboxylic acids is 1. The number of halogens is 1. The zero-order valence-electron chi connectivity index (χ0n) is 15.6. The second-order valence-electron chi connectivity index (χ2n) is 6.67. The maximum absolute atomic E-state index is 11.9. The summed E-state index contributed by atoms with van der Waals surface area (Å²) in [5, 5.41) is 6.26. The Bertz CT molecular complexity index is 433. The third-order valence-electron chi connectivity index (χ3n) is 3.34. The van der Waals surface area contributed by atoms with E-state index in [2.05, 4.69) is 33.5 Å². The van der Waals surface area contributed by atoms with E-state index in [1.165, 1.54) is 0 Å². The molecule has 0 spiro atoms. The Labute approximate surface area is 163 Å². The van der Waals surface area contributed by atoms with E-state index in [0.29, 0.717) is 0 Å². The quantitative estimate of drug-likeness (QED) is 0.221. The highest BCUT2D eigenvalue weighted by atomic mass is 127. The lowest BCUT2D eigenvalue weighted by Crippen LogP contribution is -2.44. The third-order valence-corrected chi connectivity index (χ3v) is 3.34. The summed E-state index contributed by atoms with van der Waals surface area (Å²) in [7, 11) is 0. The molecule has 0 aliphatic carbocycles. The van der Waals surface area contributed by atoms with Crippen molar-refractivity contribution in [1.82, 2.24) is 15.5 Å². The number of guanidine groups is 1. The number of aliphatic imine (C=N–C) groups is 1. The normalized spacial score (nSPS) is 18.5. The molecular formula is C17H33IN4O2. The van der Waals surface area contributed by atoms with E-state index >= 15 is 0 Å². The minimum Gasteiger partial charge on any atom is -0.444 e. The number of rotatable bonds is 5. The molecule has 1 saturated heterocycles. The number of likely N-dealkylation sites (tertiary alicyclic amines) is 1. The van der Waals surface area contributed by atoms with Gasteiger partial charge in [-0.3, -0.25) is 4.99 Å². The molecule has 1 heterocycles. The molecule has 1 amide bonds. The van der Waals surface area contributed by atoms with Gasteiger partial charge in [0.2, 0.25) is 0 Å². The maximum Gasteiger partial charge on any atom is 0.407 e. The molecule has 1 rings (SSSR count). The molecule has 2 N–H and O–H groups in total. The first-order chi connectivity index (χ1) is 10.9. The van der Waals surface area contributed by atoms with E-state index in [0.717, 1.165) is 45.0 Å². The van der Waals surface area contributed by atoms with E-state index in [1.54, 1.807) is 0 Å². The van der Waals surface area contributed by atoms with Gasteiger partial charge in [-0.1, -0.05) is 12.2 Å². The molecule has 0 aromatic carbocycles. The summed E-state index contributed by atoms with van der Waals surface area (Å²) < 4.78 is 5.31. The standard InChI is InChI=1S/C17H32N4O2.HI/c1-6-8-9-11-19-15(18-7-2)21-12-10-14(13-21)20-16(22)23-17(3,4)5;/h6,8,14H,7,9-13H2,1-5H3,(H,18,19)(H,20,22);1H/b8-6+;. The van der Waals surface area contributed by atoms with Crippen molar-refractivity contribution in [3.8, 4) is 0 Å². The first-order valence-corrected chi connectivity index (χ1v) is 8.49. The zero-order chi connectivity index (χ0) is 17.3. The fraction of sp³-hybridized carbons (Fsp3) is 0.765. The fourth-order valence-electron chi connectivity index (χ4n) is 2.38. The van der Waals surface area contributed by atoms with E-state index in [1.807, 2.05) is 33.8 Å². The summed E-state index contributed by atoms with van der Waals surface area (Å²) in [4.78, 5) is 18.7. The van der Waals surface area contributed by atoms with Crippen LogP contribution in [0, 0.1) is 0 Å². The monoisotopic (exact) mass is 452 g/mol. The number of nitrogens with zero attached hydrogens (tertiary/aromatic N) is 2. The average molecular weight is 452 g/mol. The van der Waals surface area contributed by atoms with Gasteiger partial charge in [0.15, 0.2) is 5.96 Å². The van der Waals surface area contributed by atoms with Crippen molar-refractivity contribution in [2.75, 3.05) is 26.2 Å². The van der Waals surface area contributed by atoms with E-state index in [-0.39, 0.29) is 36.1 Å². The first-order valence-electron chi connectivity index (χ1n) is 8.49. The molecule has 0 aromatic heterocycles. The molecule has 7 heteroatoms. The van der Waals surface area contributed by atoms with Gasteiger partial charge in [0.1, 0.15) is 5.60 Å². The van der Waals surface area contributed by atoms with Crippen LogP contribution in [0.4, 0.5) is 4.79 Å². The minimum absolute atomic E-state index is 0. The van der Waals surface area contributed by atoms with E-state index < -0.39 is 5.60 Å². The van der Waals surface area contributed by atoms with Gasteiger partial charge in [-0.25, -0.2) is 4.79 Å². The van der Waals surface area contributed by atoms with Crippen LogP contribution in [0.1, 0.15) is 47.5 Å². The number of hydrogen-bond acceptors (Lipinski definition) is 3. The summed E-state index contributed by atoms with van der Waals surface area (Å²) in [6.45, 7) is 12.9. The summed E-state index contributed by atoms with van der Waals surface area (Å²) >= 11 is 0. The topological polar surface area (TPSA) is 66.0 Å². The highest BCUT2D eigenvalue weighted by molar-refractivity contribution is 14.0. The number of allylic oxidation sites excluding steroid dienone is 1. The molecule has 0 saturated carbocycles. The molecular weight excluding hydrogens is 419 g/mol. The van der Waals surface area contributed by atoms with Crippen molar-refractivity contribution < 1.29 is 9.53 Å². The lowest BCUT2D eigenvalue weighted by molar-refractivity contribution is 0.0507. The van der Waals surface area contributed by atoms with Crippen LogP contribution in [-0.2, 0) is 4.74 Å². The summed E-state index contributed by atoms with van der Waals surface area (Å²) in [6.07, 6.45) is 5.65. The second-order valence-corrected chi connectivity index (χ2v) is 6.67. The number of nitrogens with one attached hydrogen (secondary N) is 2. The molecule has 0 bridgehead atoms. The molecule has 1 unspecified atom stereocenters. The van der Waals surface area contributed by atoms with Crippen LogP contribution in [0.3, 0.4) is 0 Å². The number of alkyl carbamates (subject to hydrolysis) is 1. The van der Waals surface area contributed by atoms with Crippen molar-refractivity contribution in [2.45, 2.75) is 59.1 Å². The van der Waals surface area contributed by atoms with Crippen LogP contribution in [0.15, 0.2) is 17.1 Å². The molecule has 0 aromatic rings.